The van der Waals surface area contributed by atoms with Crippen LogP contribution in [-0.4, -0.2) is 39.7 Å². The van der Waals surface area contributed by atoms with Gasteiger partial charge in [-0.25, -0.2) is 19.2 Å². The fourth-order valence-electron chi connectivity index (χ4n) is 4.50. The Labute approximate surface area is 221 Å². The van der Waals surface area contributed by atoms with E-state index >= 15 is 0 Å². The Morgan fingerprint density at radius 2 is 2.14 bits per heavy atom. The van der Waals surface area contributed by atoms with E-state index in [0.717, 1.165) is 33.6 Å². The van der Waals surface area contributed by atoms with Crippen molar-refractivity contribution in [3.05, 3.63) is 76.1 Å². The maximum atomic E-state index is 13.4. The summed E-state index contributed by atoms with van der Waals surface area (Å²) in [7, 11) is 0. The number of fused-ring (bicyclic) bond motifs is 2. The summed E-state index contributed by atoms with van der Waals surface area (Å²) in [5.74, 6) is 7.26. The van der Waals surface area contributed by atoms with E-state index in [9.17, 15) is 9.18 Å². The molecule has 7 nitrogen and oxygen atoms in total. The average Bonchev–Trinajstić information content (AvgIpc) is 3.59. The molecular weight excluding hydrogens is 515 g/mol. The number of benzene rings is 2. The van der Waals surface area contributed by atoms with Gasteiger partial charge in [0.25, 0.3) is 0 Å². The second-order valence-corrected chi connectivity index (χ2v) is 10.2. The summed E-state index contributed by atoms with van der Waals surface area (Å²) in [6.07, 6.45) is 2.99. The molecule has 2 aromatic carbocycles. The van der Waals surface area contributed by atoms with Crippen molar-refractivity contribution < 1.29 is 18.7 Å². The van der Waals surface area contributed by atoms with E-state index < -0.39 is 0 Å². The summed E-state index contributed by atoms with van der Waals surface area (Å²) < 4.78 is 24.3. The van der Waals surface area contributed by atoms with Gasteiger partial charge in [-0.3, -0.25) is 4.90 Å². The highest BCUT2D eigenvalue weighted by Crippen LogP contribution is 2.33. The third kappa shape index (κ3) is 4.90. The van der Waals surface area contributed by atoms with E-state index in [1.54, 1.807) is 29.2 Å². The molecular formula is C27H20ClFN4O3S. The van der Waals surface area contributed by atoms with Crippen LogP contribution in [0.3, 0.4) is 0 Å². The molecule has 186 valence electrons. The number of nitrogens with zero attached hydrogens (tertiary/aromatic N) is 3. The summed E-state index contributed by atoms with van der Waals surface area (Å²) in [5, 5.41) is 4.54. The highest BCUT2D eigenvalue weighted by Gasteiger charge is 2.42. The van der Waals surface area contributed by atoms with Crippen LogP contribution in [0.2, 0.25) is 5.02 Å². The maximum absolute atomic E-state index is 13.4. The van der Waals surface area contributed by atoms with Gasteiger partial charge in [-0.15, -0.1) is 11.3 Å². The lowest BCUT2D eigenvalue weighted by Gasteiger charge is -2.15. The van der Waals surface area contributed by atoms with Crippen molar-refractivity contribution in [2.75, 3.05) is 11.9 Å². The molecule has 4 heterocycles. The van der Waals surface area contributed by atoms with Crippen LogP contribution in [0.25, 0.3) is 10.2 Å². The van der Waals surface area contributed by atoms with Crippen LogP contribution in [0.5, 0.6) is 5.75 Å². The number of thiophene rings is 1. The van der Waals surface area contributed by atoms with Crippen LogP contribution in [-0.2, 0) is 11.3 Å². The molecule has 2 aliphatic heterocycles. The molecule has 0 bridgehead atoms. The molecule has 2 aromatic heterocycles. The number of halogens is 2. The lowest BCUT2D eigenvalue weighted by molar-refractivity contribution is 0.155. The molecule has 2 fully saturated rings. The SMILES string of the molecule is O=C1OC[C@H]2CC[C@H](C#Cc3cc4c(Nc5ccc(OCc6cccc(F)c6)c(Cl)c5)ncnc4s3)N12. The van der Waals surface area contributed by atoms with Crippen LogP contribution in [0.1, 0.15) is 23.3 Å². The molecule has 1 amide bonds. The average molecular weight is 535 g/mol. The Morgan fingerprint density at radius 3 is 3.00 bits per heavy atom. The number of aromatic nitrogens is 2. The number of hydrogen-bond donors (Lipinski definition) is 1. The fraction of sp³-hybridized carbons (Fsp3) is 0.222. The Hall–Kier alpha value is -3.87. The number of anilines is 2. The predicted molar refractivity (Wildman–Crippen MR) is 140 cm³/mol. The minimum absolute atomic E-state index is 0.127. The first-order valence-corrected chi connectivity index (χ1v) is 12.9. The maximum Gasteiger partial charge on any atom is 0.411 e. The Morgan fingerprint density at radius 1 is 1.22 bits per heavy atom. The van der Waals surface area contributed by atoms with Gasteiger partial charge in [0.1, 0.15) is 41.8 Å². The molecule has 10 heteroatoms. The molecule has 6 rings (SSSR count). The molecule has 0 aliphatic carbocycles. The van der Waals surface area contributed by atoms with Gasteiger partial charge in [0.15, 0.2) is 0 Å². The van der Waals surface area contributed by atoms with Gasteiger partial charge in [0, 0.05) is 5.69 Å². The third-order valence-corrected chi connectivity index (χ3v) is 7.54. The first-order valence-electron chi connectivity index (χ1n) is 11.7. The number of carbonyl (C=O) groups is 1. The molecule has 37 heavy (non-hydrogen) atoms. The van der Waals surface area contributed by atoms with Crippen LogP contribution < -0.4 is 10.1 Å². The fourth-order valence-corrected chi connectivity index (χ4v) is 5.59. The number of cyclic esters (lactones) is 1. The first-order chi connectivity index (χ1) is 18.0. The van der Waals surface area contributed by atoms with E-state index in [2.05, 4.69) is 27.1 Å². The van der Waals surface area contributed by atoms with Gasteiger partial charge in [-0.2, -0.15) is 0 Å². The van der Waals surface area contributed by atoms with Crippen LogP contribution in [0.4, 0.5) is 20.7 Å². The molecule has 2 atom stereocenters. The van der Waals surface area contributed by atoms with Crippen molar-refractivity contribution in [2.45, 2.75) is 31.5 Å². The van der Waals surface area contributed by atoms with Crippen molar-refractivity contribution in [1.82, 2.24) is 14.9 Å². The van der Waals surface area contributed by atoms with Crippen molar-refractivity contribution in [1.29, 1.82) is 0 Å². The molecule has 2 saturated heterocycles. The molecule has 0 spiro atoms. The van der Waals surface area contributed by atoms with Gasteiger partial charge < -0.3 is 14.8 Å². The van der Waals surface area contributed by atoms with Gasteiger partial charge in [0.05, 0.1) is 27.4 Å². The number of nitrogens with one attached hydrogen (secondary N) is 1. The number of rotatable bonds is 5. The topological polar surface area (TPSA) is 76.6 Å². The zero-order valence-corrected chi connectivity index (χ0v) is 21.0. The van der Waals surface area contributed by atoms with E-state index in [4.69, 9.17) is 21.1 Å². The van der Waals surface area contributed by atoms with Gasteiger partial charge in [-0.05, 0) is 54.8 Å². The molecule has 0 radical (unpaired) electrons. The van der Waals surface area contributed by atoms with Gasteiger partial charge in [-0.1, -0.05) is 35.6 Å². The molecule has 4 aromatic rings. The summed E-state index contributed by atoms with van der Waals surface area (Å²) in [6, 6.07) is 13.5. The Kier molecular flexibility index (Phi) is 6.28. The van der Waals surface area contributed by atoms with Crippen molar-refractivity contribution in [3.8, 4) is 17.6 Å². The summed E-state index contributed by atoms with van der Waals surface area (Å²) in [5.41, 5.74) is 1.44. The third-order valence-electron chi connectivity index (χ3n) is 6.28. The second-order valence-electron chi connectivity index (χ2n) is 8.74. The number of ether oxygens (including phenoxy) is 2. The van der Waals surface area contributed by atoms with Gasteiger partial charge in [0.2, 0.25) is 0 Å². The van der Waals surface area contributed by atoms with Crippen molar-refractivity contribution in [3.63, 3.8) is 0 Å². The van der Waals surface area contributed by atoms with E-state index in [-0.39, 0.29) is 30.6 Å². The first kappa shape index (κ1) is 23.5. The smallest absolute Gasteiger partial charge is 0.411 e. The molecule has 2 aliphatic rings. The molecule has 0 saturated carbocycles. The number of amides is 1. The monoisotopic (exact) mass is 534 g/mol. The van der Waals surface area contributed by atoms with E-state index in [0.29, 0.717) is 28.8 Å². The highest BCUT2D eigenvalue weighted by atomic mass is 35.5. The second kappa shape index (κ2) is 9.88. The van der Waals surface area contributed by atoms with Crippen molar-refractivity contribution in [2.24, 2.45) is 0 Å². The Bertz CT molecular complexity index is 1570. The van der Waals surface area contributed by atoms with E-state index in [1.165, 1.54) is 29.8 Å². The molecule has 0 unspecified atom stereocenters. The number of carbonyl (C=O) groups excluding carboxylic acids is 1. The van der Waals surface area contributed by atoms with E-state index in [1.807, 2.05) is 12.1 Å². The minimum Gasteiger partial charge on any atom is -0.487 e. The summed E-state index contributed by atoms with van der Waals surface area (Å²) in [6.45, 7) is 0.657. The predicted octanol–water partition coefficient (Wildman–Crippen LogP) is 6.14. The normalized spacial score (nSPS) is 18.3. The standard InChI is InChI=1S/C27H20ClFN4O3S/c28-23-11-18(4-9-24(23)35-13-16-2-1-3-17(29)10-16)32-25-22-12-21(37-26(22)31-15-30-25)8-7-19-5-6-20-14-36-27(34)33(19)20/h1-4,9-12,15,19-20H,5-6,13-14H2,(H,30,31,32)/t19-,20-/m1/s1. The number of hydrogen-bond acceptors (Lipinski definition) is 7. The lowest BCUT2D eigenvalue weighted by Crippen LogP contribution is -2.34. The van der Waals surface area contributed by atoms with Gasteiger partial charge >= 0.3 is 6.09 Å². The minimum atomic E-state index is -0.311. The summed E-state index contributed by atoms with van der Waals surface area (Å²) >= 11 is 7.91. The zero-order chi connectivity index (χ0) is 25.4. The zero-order valence-electron chi connectivity index (χ0n) is 19.4. The van der Waals surface area contributed by atoms with Crippen molar-refractivity contribution >= 4 is 50.8 Å². The lowest BCUT2D eigenvalue weighted by atomic mass is 10.2. The Balaban J connectivity index is 1.17. The van der Waals surface area contributed by atoms with Crippen LogP contribution in [0.15, 0.2) is 54.9 Å². The highest BCUT2D eigenvalue weighted by molar-refractivity contribution is 7.19. The largest absolute Gasteiger partial charge is 0.487 e. The molecule has 1 N–H and O–H groups in total. The van der Waals surface area contributed by atoms with Crippen LogP contribution >= 0.6 is 22.9 Å². The summed E-state index contributed by atoms with van der Waals surface area (Å²) in [4.78, 5) is 24.2. The quantitative estimate of drug-likeness (QED) is 0.310. The van der Waals surface area contributed by atoms with Crippen LogP contribution in [0, 0.1) is 17.7 Å².